The van der Waals surface area contributed by atoms with Crippen molar-refractivity contribution in [3.8, 4) is 11.5 Å². The van der Waals surface area contributed by atoms with Crippen LogP contribution < -0.4 is 16.7 Å². The number of nitrogens with one attached hydrogen (secondary N) is 1. The maximum atomic E-state index is 11.3. The van der Waals surface area contributed by atoms with Gasteiger partial charge >= 0.3 is 5.56 Å². The molecular formula is C7H8N6O. The van der Waals surface area contributed by atoms with Crippen molar-refractivity contribution in [1.29, 1.82) is 0 Å². The van der Waals surface area contributed by atoms with Crippen LogP contribution in [0.4, 0.5) is 5.95 Å². The molecule has 7 nitrogen and oxygen atoms in total. The Bertz CT molecular complexity index is 492. The highest BCUT2D eigenvalue weighted by molar-refractivity contribution is 5.51. The van der Waals surface area contributed by atoms with Gasteiger partial charge in [0.15, 0.2) is 11.5 Å². The molecule has 0 aliphatic carbocycles. The van der Waals surface area contributed by atoms with E-state index in [1.165, 1.54) is 6.20 Å². The molecule has 0 radical (unpaired) electrons. The lowest BCUT2D eigenvalue weighted by atomic mass is 10.4. The minimum atomic E-state index is -0.475. The second kappa shape index (κ2) is 2.95. The lowest BCUT2D eigenvalue weighted by Gasteiger charge is -2.11. The SMILES string of the molecule is CNn1ccnc2c(=O)nc(N)nc1-2. The van der Waals surface area contributed by atoms with E-state index in [0.717, 1.165) is 0 Å². The molecule has 7 heteroatoms. The summed E-state index contributed by atoms with van der Waals surface area (Å²) in [5.41, 5.74) is 7.89. The summed E-state index contributed by atoms with van der Waals surface area (Å²) in [6.45, 7) is 0. The predicted octanol–water partition coefficient (Wildman–Crippen LogP) is -1.11. The molecule has 0 aromatic carbocycles. The average Bonchev–Trinajstić information content (AvgIpc) is 2.17. The standard InChI is InChI=1S/C7H8N6O/c1-9-13-3-2-10-4-5(13)11-7(8)12-6(4)14/h2-3,9H,1H3,(H2,8,12,14). The van der Waals surface area contributed by atoms with Gasteiger partial charge in [-0.05, 0) is 0 Å². The molecule has 0 unspecified atom stereocenters. The minimum Gasteiger partial charge on any atom is -0.368 e. The summed E-state index contributed by atoms with van der Waals surface area (Å²) in [7, 11) is 1.70. The molecular weight excluding hydrogens is 184 g/mol. The number of hydrogen-bond acceptors (Lipinski definition) is 6. The van der Waals surface area contributed by atoms with E-state index in [2.05, 4.69) is 20.4 Å². The monoisotopic (exact) mass is 192 g/mol. The third-order valence-corrected chi connectivity index (χ3v) is 1.74. The first-order chi connectivity index (χ1) is 6.72. The molecule has 0 aromatic rings. The number of nitrogens with zero attached hydrogens (tertiary/aromatic N) is 4. The van der Waals surface area contributed by atoms with Gasteiger partial charge in [0, 0.05) is 19.4 Å². The molecule has 0 atom stereocenters. The molecule has 0 bridgehead atoms. The summed E-state index contributed by atoms with van der Waals surface area (Å²) in [6.07, 6.45) is 3.12. The summed E-state index contributed by atoms with van der Waals surface area (Å²) in [4.78, 5) is 22.6. The number of fused-ring (bicyclic) bond motifs is 1. The van der Waals surface area contributed by atoms with E-state index in [9.17, 15) is 4.79 Å². The van der Waals surface area contributed by atoms with E-state index >= 15 is 0 Å². The molecule has 2 aliphatic rings. The predicted molar refractivity (Wildman–Crippen MR) is 50.4 cm³/mol. The summed E-state index contributed by atoms with van der Waals surface area (Å²) >= 11 is 0. The Morgan fingerprint density at radius 2 is 2.29 bits per heavy atom. The van der Waals surface area contributed by atoms with Gasteiger partial charge in [-0.2, -0.15) is 9.97 Å². The average molecular weight is 192 g/mol. The van der Waals surface area contributed by atoms with Gasteiger partial charge in [-0.1, -0.05) is 0 Å². The zero-order valence-corrected chi connectivity index (χ0v) is 7.43. The van der Waals surface area contributed by atoms with E-state index in [-0.39, 0.29) is 11.6 Å². The van der Waals surface area contributed by atoms with Crippen molar-refractivity contribution >= 4 is 5.95 Å². The van der Waals surface area contributed by atoms with E-state index in [1.54, 1.807) is 17.9 Å². The molecule has 0 aromatic heterocycles. The van der Waals surface area contributed by atoms with Crippen LogP contribution in [0, 0.1) is 0 Å². The highest BCUT2D eigenvalue weighted by Crippen LogP contribution is 2.09. The van der Waals surface area contributed by atoms with Gasteiger partial charge in [-0.25, -0.2) is 9.66 Å². The quantitative estimate of drug-likeness (QED) is 0.594. The molecule has 2 aliphatic heterocycles. The van der Waals surface area contributed by atoms with Gasteiger partial charge in [0.25, 0.3) is 0 Å². The Hall–Kier alpha value is -2.18. The first-order valence-electron chi connectivity index (χ1n) is 3.91. The largest absolute Gasteiger partial charge is 0.368 e. The van der Waals surface area contributed by atoms with Crippen LogP contribution in [0.25, 0.3) is 11.5 Å². The molecule has 0 saturated carbocycles. The number of aromatic nitrogens is 4. The second-order valence-electron chi connectivity index (χ2n) is 2.58. The fourth-order valence-electron chi connectivity index (χ4n) is 1.15. The molecule has 2 heterocycles. The number of nitrogen functional groups attached to an aromatic ring is 1. The molecule has 14 heavy (non-hydrogen) atoms. The molecule has 72 valence electrons. The van der Waals surface area contributed by atoms with Crippen LogP contribution >= 0.6 is 0 Å². The molecule has 0 saturated heterocycles. The highest BCUT2D eigenvalue weighted by Gasteiger charge is 2.14. The zero-order valence-electron chi connectivity index (χ0n) is 7.43. The molecule has 0 spiro atoms. The lowest BCUT2D eigenvalue weighted by molar-refractivity contribution is 0.859. The number of rotatable bonds is 1. The Morgan fingerprint density at radius 3 is 3.00 bits per heavy atom. The van der Waals surface area contributed by atoms with Crippen LogP contribution in [-0.2, 0) is 0 Å². The van der Waals surface area contributed by atoms with Gasteiger partial charge < -0.3 is 11.2 Å². The van der Waals surface area contributed by atoms with Gasteiger partial charge in [0.05, 0.1) is 0 Å². The molecule has 3 N–H and O–H groups in total. The van der Waals surface area contributed by atoms with Crippen LogP contribution in [0.15, 0.2) is 17.2 Å². The third kappa shape index (κ3) is 1.15. The van der Waals surface area contributed by atoms with E-state index < -0.39 is 5.56 Å². The van der Waals surface area contributed by atoms with E-state index in [4.69, 9.17) is 5.73 Å². The summed E-state index contributed by atoms with van der Waals surface area (Å²) < 4.78 is 1.54. The number of nitrogens with two attached hydrogens (primary N) is 1. The Balaban J connectivity index is 2.84. The van der Waals surface area contributed by atoms with Gasteiger partial charge in [0.2, 0.25) is 5.95 Å². The first-order valence-corrected chi connectivity index (χ1v) is 3.91. The minimum absolute atomic E-state index is 0.0560. The summed E-state index contributed by atoms with van der Waals surface area (Å²) in [6, 6.07) is 0. The molecule has 0 fully saturated rings. The van der Waals surface area contributed by atoms with Crippen molar-refractivity contribution in [1.82, 2.24) is 19.6 Å². The fourth-order valence-corrected chi connectivity index (χ4v) is 1.15. The van der Waals surface area contributed by atoms with Crippen LogP contribution in [0.1, 0.15) is 0 Å². The number of anilines is 1. The maximum absolute atomic E-state index is 11.3. The van der Waals surface area contributed by atoms with E-state index in [1.807, 2.05) is 0 Å². The van der Waals surface area contributed by atoms with Crippen LogP contribution in [0.3, 0.4) is 0 Å². The summed E-state index contributed by atoms with van der Waals surface area (Å²) in [5, 5.41) is 0. The van der Waals surface area contributed by atoms with Crippen molar-refractivity contribution < 1.29 is 0 Å². The number of hydrogen-bond donors (Lipinski definition) is 2. The Morgan fingerprint density at radius 1 is 1.50 bits per heavy atom. The maximum Gasteiger partial charge on any atom is 0.302 e. The molecule has 0 amide bonds. The van der Waals surface area contributed by atoms with Crippen molar-refractivity contribution in [3.63, 3.8) is 0 Å². The fraction of sp³-hybridized carbons (Fsp3) is 0.143. The molecule has 2 rings (SSSR count). The second-order valence-corrected chi connectivity index (χ2v) is 2.58. The van der Waals surface area contributed by atoms with Crippen molar-refractivity contribution in [2.24, 2.45) is 0 Å². The third-order valence-electron chi connectivity index (χ3n) is 1.74. The van der Waals surface area contributed by atoms with Crippen LogP contribution in [-0.4, -0.2) is 26.7 Å². The zero-order chi connectivity index (χ0) is 10.1. The topological polar surface area (TPSA) is 98.7 Å². The van der Waals surface area contributed by atoms with Crippen molar-refractivity contribution in [2.75, 3.05) is 18.2 Å². The van der Waals surface area contributed by atoms with Gasteiger partial charge in [0.1, 0.15) is 0 Å². The summed E-state index contributed by atoms with van der Waals surface area (Å²) in [5.74, 6) is 0.312. The smallest absolute Gasteiger partial charge is 0.302 e. The van der Waals surface area contributed by atoms with Gasteiger partial charge in [-0.3, -0.25) is 4.79 Å². The van der Waals surface area contributed by atoms with Crippen LogP contribution in [0.2, 0.25) is 0 Å². The van der Waals surface area contributed by atoms with E-state index in [0.29, 0.717) is 5.82 Å². The highest BCUT2D eigenvalue weighted by atomic mass is 16.1. The Kier molecular flexibility index (Phi) is 1.77. The normalized spacial score (nSPS) is 10.4. The first kappa shape index (κ1) is 8.42. The van der Waals surface area contributed by atoms with Gasteiger partial charge in [-0.15, -0.1) is 0 Å². The van der Waals surface area contributed by atoms with Crippen molar-refractivity contribution in [3.05, 3.63) is 22.7 Å². The lowest BCUT2D eigenvalue weighted by Crippen LogP contribution is -2.23. The van der Waals surface area contributed by atoms with Crippen molar-refractivity contribution in [2.45, 2.75) is 0 Å². The van der Waals surface area contributed by atoms with Crippen LogP contribution in [0.5, 0.6) is 0 Å². The Labute approximate surface area is 78.9 Å².